The largest absolute Gasteiger partial charge is 0.478 e. The van der Waals surface area contributed by atoms with Crippen LogP contribution in [0.3, 0.4) is 0 Å². The molecule has 2 N–H and O–H groups in total. The molecule has 0 spiro atoms. The Hall–Kier alpha value is -13.1. The molecule has 2 aromatic heterocycles. The molecule has 0 fully saturated rings. The maximum Gasteiger partial charge on any atom is 0.347 e. The van der Waals surface area contributed by atoms with Gasteiger partial charge in [0, 0.05) is 16.7 Å². The number of hydrogen-bond donors (Lipinski definition) is 2. The number of ether oxygens (including phenoxy) is 2. The maximum absolute atomic E-state index is 16.0. The van der Waals surface area contributed by atoms with Gasteiger partial charge < -0.3 is 24.1 Å². The van der Waals surface area contributed by atoms with Gasteiger partial charge in [-0.1, -0.05) is 273 Å². The third kappa shape index (κ3) is 12.5. The van der Waals surface area contributed by atoms with E-state index in [1.165, 1.54) is 18.2 Å². The van der Waals surface area contributed by atoms with Crippen molar-refractivity contribution in [3.05, 3.63) is 349 Å². The van der Waals surface area contributed by atoms with E-state index < -0.39 is 69.2 Å². The number of aromatic carboxylic acids is 2. The summed E-state index contributed by atoms with van der Waals surface area (Å²) < 4.78 is 17.1. The van der Waals surface area contributed by atoms with E-state index in [-0.39, 0.29) is 16.7 Å². The molecular formula is C84H54O11. The number of hydrogen-bond acceptors (Lipinski definition) is 9. The van der Waals surface area contributed by atoms with Crippen molar-refractivity contribution in [2.24, 2.45) is 0 Å². The Bertz CT molecular complexity index is 5090. The Labute approximate surface area is 546 Å². The van der Waals surface area contributed by atoms with Crippen molar-refractivity contribution in [3.63, 3.8) is 0 Å². The lowest BCUT2D eigenvalue weighted by Gasteiger charge is -2.23. The first-order valence-corrected chi connectivity index (χ1v) is 30.4. The van der Waals surface area contributed by atoms with Gasteiger partial charge >= 0.3 is 35.8 Å². The molecule has 95 heavy (non-hydrogen) atoms. The fraction of sp³-hybridized carbons (Fsp3) is 0. The van der Waals surface area contributed by atoms with Crippen LogP contribution in [-0.4, -0.2) is 46.0 Å². The fourth-order valence-corrected chi connectivity index (χ4v) is 12.2. The molecule has 11 nitrogen and oxygen atoms in total. The van der Waals surface area contributed by atoms with Gasteiger partial charge in [-0.2, -0.15) is 0 Å². The van der Waals surface area contributed by atoms with Crippen LogP contribution in [0.1, 0.15) is 62.1 Å². The summed E-state index contributed by atoms with van der Waals surface area (Å²) in [5.74, 6) is -8.53. The van der Waals surface area contributed by atoms with E-state index in [0.717, 1.165) is 11.2 Å². The van der Waals surface area contributed by atoms with Gasteiger partial charge in [0.2, 0.25) is 0 Å². The van der Waals surface area contributed by atoms with Crippen molar-refractivity contribution in [2.75, 3.05) is 0 Å². The predicted octanol–water partition coefficient (Wildman–Crippen LogP) is 20.0. The van der Waals surface area contributed by atoms with Crippen LogP contribution >= 0.6 is 0 Å². The zero-order chi connectivity index (χ0) is 65.4. The molecule has 0 saturated carbocycles. The number of carbonyl (C=O) groups is 6. The molecule has 0 radical (unpaired) electrons. The summed E-state index contributed by atoms with van der Waals surface area (Å²) in [6.45, 7) is 0. The first-order valence-electron chi connectivity index (χ1n) is 30.4. The maximum atomic E-state index is 16.0. The number of rotatable bonds is 15. The Morgan fingerprint density at radius 3 is 0.653 bits per heavy atom. The van der Waals surface area contributed by atoms with Crippen molar-refractivity contribution in [1.82, 2.24) is 0 Å². The number of benzene rings is 13. The summed E-state index contributed by atoms with van der Waals surface area (Å²) in [6.07, 6.45) is 0. The summed E-state index contributed by atoms with van der Waals surface area (Å²) in [4.78, 5) is 90.6. The highest BCUT2D eigenvalue weighted by atomic mass is 16.6. The third-order valence-electron chi connectivity index (χ3n) is 16.3. The number of carbonyl (C=O) groups excluding carboxylic acids is 4. The van der Waals surface area contributed by atoms with E-state index >= 15 is 19.2 Å². The quantitative estimate of drug-likeness (QED) is 0.0738. The number of furan rings is 2. The molecular weight excluding hydrogens is 1180 g/mol. The van der Waals surface area contributed by atoms with E-state index in [1.54, 1.807) is 115 Å². The van der Waals surface area contributed by atoms with Crippen LogP contribution in [0.2, 0.25) is 0 Å². The Morgan fingerprint density at radius 1 is 0.232 bits per heavy atom. The topological polar surface area (TPSA) is 174 Å². The lowest BCUT2D eigenvalue weighted by atomic mass is 9.82. The van der Waals surface area contributed by atoms with Crippen LogP contribution in [0.15, 0.2) is 320 Å². The number of carboxylic acids is 2. The second-order valence-corrected chi connectivity index (χ2v) is 22.1. The average Bonchev–Trinajstić information content (AvgIpc) is 1.44. The van der Waals surface area contributed by atoms with Crippen molar-refractivity contribution in [2.45, 2.75) is 0 Å². The monoisotopic (exact) mass is 1240 g/mol. The van der Waals surface area contributed by atoms with Crippen LogP contribution in [0.4, 0.5) is 0 Å². The van der Waals surface area contributed by atoms with Crippen molar-refractivity contribution < 1.29 is 52.9 Å². The first-order chi connectivity index (χ1) is 46.5. The highest BCUT2D eigenvalue weighted by molar-refractivity contribution is 6.21. The lowest BCUT2D eigenvalue weighted by Crippen LogP contribution is -2.23. The minimum absolute atomic E-state index is 0.0920. The number of carboxylic acid groups (broad SMARTS) is 2. The molecule has 0 aliphatic carbocycles. The molecule has 12 aromatic carbocycles. The van der Waals surface area contributed by atoms with Gasteiger partial charge in [0.05, 0.1) is 33.4 Å². The minimum atomic E-state index is -1.50. The third-order valence-corrected chi connectivity index (χ3v) is 16.3. The van der Waals surface area contributed by atoms with Gasteiger partial charge in [-0.25, -0.2) is 28.8 Å². The van der Waals surface area contributed by atoms with E-state index in [4.69, 9.17) is 13.9 Å². The molecule has 0 saturated heterocycles. The normalized spacial score (nSPS) is 10.9. The molecule has 0 aliphatic heterocycles. The number of esters is 4. The Kier molecular flexibility index (Phi) is 17.4. The van der Waals surface area contributed by atoms with Gasteiger partial charge in [-0.05, 0) is 126 Å². The summed E-state index contributed by atoms with van der Waals surface area (Å²) >= 11 is 0. The van der Waals surface area contributed by atoms with E-state index in [0.29, 0.717) is 83.5 Å². The molecule has 14 rings (SSSR count). The summed E-state index contributed by atoms with van der Waals surface area (Å²) in [6, 6.07) is 92.7. The van der Waals surface area contributed by atoms with Crippen LogP contribution in [0.25, 0.3) is 111 Å². The zero-order valence-corrected chi connectivity index (χ0v) is 50.6. The van der Waals surface area contributed by atoms with E-state index in [2.05, 4.69) is 0 Å². The van der Waals surface area contributed by atoms with Crippen LogP contribution in [0.5, 0.6) is 0 Å². The Morgan fingerprint density at radius 2 is 0.432 bits per heavy atom. The van der Waals surface area contributed by atoms with E-state index in [1.807, 2.05) is 182 Å². The van der Waals surface area contributed by atoms with Gasteiger partial charge in [-0.15, -0.1) is 0 Å². The van der Waals surface area contributed by atoms with Gasteiger partial charge in [0.1, 0.15) is 11.2 Å². The van der Waals surface area contributed by atoms with Crippen LogP contribution in [-0.2, 0) is 9.47 Å². The molecule has 2 bridgehead atoms. The van der Waals surface area contributed by atoms with E-state index in [9.17, 15) is 19.8 Å². The summed E-state index contributed by atoms with van der Waals surface area (Å²) in [5, 5.41) is 22.8. The molecule has 0 unspecified atom stereocenters. The summed E-state index contributed by atoms with van der Waals surface area (Å²) in [7, 11) is 0. The molecule has 11 heteroatoms. The number of fused-ring (bicyclic) bond motifs is 2. The lowest BCUT2D eigenvalue weighted by molar-refractivity contribution is 0.0355. The van der Waals surface area contributed by atoms with Crippen LogP contribution < -0.4 is 0 Å². The van der Waals surface area contributed by atoms with Crippen LogP contribution in [0, 0.1) is 0 Å². The molecule has 0 aliphatic rings. The fourth-order valence-electron chi connectivity index (χ4n) is 12.2. The second-order valence-electron chi connectivity index (χ2n) is 22.1. The minimum Gasteiger partial charge on any atom is -0.478 e. The van der Waals surface area contributed by atoms with Gasteiger partial charge in [0.25, 0.3) is 0 Å². The molecule has 456 valence electrons. The molecule has 2 heterocycles. The second kappa shape index (κ2) is 27.1. The first kappa shape index (κ1) is 60.8. The van der Waals surface area contributed by atoms with Gasteiger partial charge in [-0.3, -0.25) is 0 Å². The molecule has 0 amide bonds. The van der Waals surface area contributed by atoms with Gasteiger partial charge in [0.15, 0.2) is 0 Å². The highest BCUT2D eigenvalue weighted by Crippen LogP contribution is 2.48. The molecule has 0 atom stereocenters. The smallest absolute Gasteiger partial charge is 0.347 e. The van der Waals surface area contributed by atoms with Crippen molar-refractivity contribution in [1.29, 1.82) is 0 Å². The van der Waals surface area contributed by atoms with Crippen molar-refractivity contribution >= 4 is 47.0 Å². The summed E-state index contributed by atoms with van der Waals surface area (Å²) in [5.41, 5.74) is 7.11. The Balaban J connectivity index is 0.00000109. The molecule has 14 aromatic rings. The zero-order valence-electron chi connectivity index (χ0n) is 50.6. The average molecular weight is 1240 g/mol. The highest BCUT2D eigenvalue weighted by Gasteiger charge is 2.37. The van der Waals surface area contributed by atoms with Crippen molar-refractivity contribution in [3.8, 4) is 100 Å². The SMILES string of the molecule is O=C(OC(=O)c1cc(-c2ccccc2)c(-c2ccccc2)c(-c2ccccc2)c1C(=O)OC(=O)c1cc(-c2ccccc2)c(-c2ccccc2)c(-c2ccccc2)c1C(=O)O)c1cc(-c2ccccc2)c(-c2ccccc2)c(-c2ccccc2)c1C(=O)O.c1cc2ccc1o2. The predicted molar refractivity (Wildman–Crippen MR) is 369 cm³/mol. The standard InChI is InChI=1S/C78H50O10.C6H4O/c79-73(80)70-61(46-58(49-28-10-1-11-29-49)64(52-34-16-4-17-35-52)67(70)55-40-22-7-23-41-55)75(83)87-77(85)63-48-60(51-32-14-3-15-33-51)66(54-38-20-6-21-39-54)69(57-44-26-9-27-45-57)72(63)78(86)88-76(84)62-47-59(50-30-12-2-13-31-50)65(53-36-18-5-19-37-53)68(71(62)74(81)82)56-42-24-8-25-43-56;1-2-6-4-3-5(1)7-6/h1-48H,(H,79,80)(H,81,82);1-4H.